The first-order valence-electron chi connectivity index (χ1n) is 3.63. The number of nitrogens with zero attached hydrogens (tertiary/aromatic N) is 1. The molecule has 0 unspecified atom stereocenters. The molecule has 1 aliphatic heterocycles. The van der Waals surface area contributed by atoms with Gasteiger partial charge in [-0.2, -0.15) is 17.0 Å². The van der Waals surface area contributed by atoms with Crippen LogP contribution < -0.4 is 5.32 Å². The largest absolute Gasteiger partial charge is 0.324 e. The molecule has 2 nitrogen and oxygen atoms in total. The molecule has 0 aromatic rings. The van der Waals surface area contributed by atoms with Crippen LogP contribution in [-0.4, -0.2) is 18.1 Å². The van der Waals surface area contributed by atoms with Crippen molar-refractivity contribution in [3.05, 3.63) is 0 Å². The molecule has 1 N–H and O–H groups in total. The first-order chi connectivity index (χ1) is 4.93. The third kappa shape index (κ3) is 2.49. The monoisotopic (exact) mass is 156 g/mol. The molecule has 0 spiro atoms. The van der Waals surface area contributed by atoms with Gasteiger partial charge in [-0.25, -0.2) is 0 Å². The maximum atomic E-state index is 8.23. The Bertz CT molecular complexity index is 124. The SMILES string of the molecule is N#CNCC1CCSCC1. The predicted molar refractivity (Wildman–Crippen MR) is 43.7 cm³/mol. The summed E-state index contributed by atoms with van der Waals surface area (Å²) in [6.45, 7) is 0.886. The van der Waals surface area contributed by atoms with Gasteiger partial charge < -0.3 is 5.32 Å². The summed E-state index contributed by atoms with van der Waals surface area (Å²) in [6.07, 6.45) is 4.51. The molecule has 0 bridgehead atoms. The Morgan fingerprint density at radius 1 is 1.50 bits per heavy atom. The number of nitrogens with one attached hydrogen (secondary N) is 1. The van der Waals surface area contributed by atoms with Crippen molar-refractivity contribution in [3.63, 3.8) is 0 Å². The second kappa shape index (κ2) is 4.45. The molecule has 1 rings (SSSR count). The molecule has 1 saturated heterocycles. The lowest BCUT2D eigenvalue weighted by Gasteiger charge is -2.19. The fraction of sp³-hybridized carbons (Fsp3) is 0.857. The maximum absolute atomic E-state index is 8.23. The molecule has 1 aliphatic rings. The van der Waals surface area contributed by atoms with Crippen LogP contribution in [0.3, 0.4) is 0 Å². The van der Waals surface area contributed by atoms with Crippen LogP contribution in [0.25, 0.3) is 0 Å². The highest BCUT2D eigenvalue weighted by molar-refractivity contribution is 7.99. The molecule has 0 aromatic heterocycles. The average Bonchev–Trinajstić information content (AvgIpc) is 2.03. The molecule has 3 heteroatoms. The standard InChI is InChI=1S/C7H12N2S/c8-6-9-5-7-1-3-10-4-2-7/h7,9H,1-5H2. The number of hydrogen-bond acceptors (Lipinski definition) is 3. The molecule has 0 aliphatic carbocycles. The molecule has 1 heterocycles. The third-order valence-electron chi connectivity index (χ3n) is 1.81. The lowest BCUT2D eigenvalue weighted by atomic mass is 10.0. The van der Waals surface area contributed by atoms with Crippen molar-refractivity contribution in [2.75, 3.05) is 18.1 Å². The summed E-state index contributed by atoms with van der Waals surface area (Å²) in [5.41, 5.74) is 0. The van der Waals surface area contributed by atoms with Crippen molar-refractivity contribution in [2.45, 2.75) is 12.8 Å². The first-order valence-corrected chi connectivity index (χ1v) is 4.78. The number of hydrogen-bond donors (Lipinski definition) is 1. The fourth-order valence-corrected chi connectivity index (χ4v) is 2.34. The fourth-order valence-electron chi connectivity index (χ4n) is 1.14. The van der Waals surface area contributed by atoms with Gasteiger partial charge in [0, 0.05) is 6.54 Å². The Labute approximate surface area is 66.0 Å². The minimum atomic E-state index is 0.751. The van der Waals surface area contributed by atoms with Crippen molar-refractivity contribution < 1.29 is 0 Å². The third-order valence-corrected chi connectivity index (χ3v) is 2.86. The summed E-state index contributed by atoms with van der Waals surface area (Å²) in [5, 5.41) is 10.9. The summed E-state index contributed by atoms with van der Waals surface area (Å²) in [7, 11) is 0. The molecule has 10 heavy (non-hydrogen) atoms. The van der Waals surface area contributed by atoms with Crippen LogP contribution in [0, 0.1) is 17.4 Å². The topological polar surface area (TPSA) is 35.8 Å². The predicted octanol–water partition coefficient (Wildman–Crippen LogP) is 1.20. The number of nitriles is 1. The molecule has 0 amide bonds. The van der Waals surface area contributed by atoms with E-state index in [0.717, 1.165) is 12.5 Å². The van der Waals surface area contributed by atoms with Crippen molar-refractivity contribution in [1.29, 1.82) is 5.26 Å². The second-order valence-corrected chi connectivity index (χ2v) is 3.77. The van der Waals surface area contributed by atoms with Crippen molar-refractivity contribution in [3.8, 4) is 6.19 Å². The lowest BCUT2D eigenvalue weighted by molar-refractivity contribution is 0.478. The second-order valence-electron chi connectivity index (χ2n) is 2.55. The summed E-state index contributed by atoms with van der Waals surface area (Å²) >= 11 is 2.02. The van der Waals surface area contributed by atoms with Gasteiger partial charge in [0.2, 0.25) is 0 Å². The van der Waals surface area contributed by atoms with E-state index in [1.165, 1.54) is 24.3 Å². The van der Waals surface area contributed by atoms with Crippen LogP contribution in [0.2, 0.25) is 0 Å². The van der Waals surface area contributed by atoms with Gasteiger partial charge in [0.05, 0.1) is 0 Å². The Balaban J connectivity index is 2.09. The smallest absolute Gasteiger partial charge is 0.176 e. The number of thioether (sulfide) groups is 1. The van der Waals surface area contributed by atoms with E-state index >= 15 is 0 Å². The first kappa shape index (κ1) is 7.74. The summed E-state index contributed by atoms with van der Waals surface area (Å²) in [6, 6.07) is 0. The molecule has 0 radical (unpaired) electrons. The Morgan fingerprint density at radius 2 is 2.20 bits per heavy atom. The molecule has 0 saturated carbocycles. The van der Waals surface area contributed by atoms with Crippen LogP contribution in [0.5, 0.6) is 0 Å². The highest BCUT2D eigenvalue weighted by atomic mass is 32.2. The van der Waals surface area contributed by atoms with Gasteiger partial charge >= 0.3 is 0 Å². The molecular formula is C7H12N2S. The Kier molecular flexibility index (Phi) is 3.45. The molecular weight excluding hydrogens is 144 g/mol. The van der Waals surface area contributed by atoms with E-state index in [0.29, 0.717) is 0 Å². The van der Waals surface area contributed by atoms with Gasteiger partial charge in [-0.15, -0.1) is 0 Å². The molecule has 56 valence electrons. The van der Waals surface area contributed by atoms with Gasteiger partial charge in [-0.1, -0.05) is 0 Å². The van der Waals surface area contributed by atoms with Gasteiger partial charge in [-0.05, 0) is 30.3 Å². The van der Waals surface area contributed by atoms with E-state index in [1.54, 1.807) is 0 Å². The van der Waals surface area contributed by atoms with E-state index in [2.05, 4.69) is 5.32 Å². The minimum absolute atomic E-state index is 0.751. The van der Waals surface area contributed by atoms with Crippen LogP contribution >= 0.6 is 11.8 Å². The maximum Gasteiger partial charge on any atom is 0.176 e. The average molecular weight is 156 g/mol. The zero-order valence-electron chi connectivity index (χ0n) is 5.97. The van der Waals surface area contributed by atoms with E-state index in [9.17, 15) is 0 Å². The van der Waals surface area contributed by atoms with Gasteiger partial charge in [0.1, 0.15) is 0 Å². The van der Waals surface area contributed by atoms with Gasteiger partial charge in [-0.3, -0.25) is 0 Å². The molecule has 0 atom stereocenters. The van der Waals surface area contributed by atoms with Gasteiger partial charge in [0.15, 0.2) is 6.19 Å². The van der Waals surface area contributed by atoms with E-state index in [1.807, 2.05) is 18.0 Å². The highest BCUT2D eigenvalue weighted by Crippen LogP contribution is 2.21. The quantitative estimate of drug-likeness (QED) is 0.482. The van der Waals surface area contributed by atoms with Crippen LogP contribution in [0.15, 0.2) is 0 Å². The van der Waals surface area contributed by atoms with E-state index in [4.69, 9.17) is 5.26 Å². The molecule has 0 aromatic carbocycles. The Morgan fingerprint density at radius 3 is 2.80 bits per heavy atom. The van der Waals surface area contributed by atoms with E-state index in [-0.39, 0.29) is 0 Å². The summed E-state index contributed by atoms with van der Waals surface area (Å²) < 4.78 is 0. The summed E-state index contributed by atoms with van der Waals surface area (Å²) in [5.74, 6) is 3.30. The van der Waals surface area contributed by atoms with Crippen LogP contribution in [0.1, 0.15) is 12.8 Å². The normalized spacial score (nSPS) is 19.9. The Hall–Kier alpha value is -0.360. The van der Waals surface area contributed by atoms with E-state index < -0.39 is 0 Å². The minimum Gasteiger partial charge on any atom is -0.324 e. The highest BCUT2D eigenvalue weighted by Gasteiger charge is 2.12. The zero-order valence-corrected chi connectivity index (χ0v) is 6.78. The number of rotatable bonds is 2. The zero-order chi connectivity index (χ0) is 7.23. The van der Waals surface area contributed by atoms with Crippen molar-refractivity contribution in [1.82, 2.24) is 5.32 Å². The van der Waals surface area contributed by atoms with Crippen LogP contribution in [-0.2, 0) is 0 Å². The molecule has 1 fully saturated rings. The lowest BCUT2D eigenvalue weighted by Crippen LogP contribution is -2.22. The summed E-state index contributed by atoms with van der Waals surface area (Å²) in [4.78, 5) is 0. The van der Waals surface area contributed by atoms with Crippen molar-refractivity contribution >= 4 is 11.8 Å². The van der Waals surface area contributed by atoms with Gasteiger partial charge in [0.25, 0.3) is 0 Å². The van der Waals surface area contributed by atoms with Crippen LogP contribution in [0.4, 0.5) is 0 Å². The van der Waals surface area contributed by atoms with Crippen molar-refractivity contribution in [2.24, 2.45) is 5.92 Å².